The maximum Gasteiger partial charge on any atom is 0.282 e. The number of nitrogens with two attached hydrogens (primary N) is 1. The number of amides is 1. The smallest absolute Gasteiger partial charge is 0.282 e. The number of nitro groups is 1. The van der Waals surface area contributed by atoms with Gasteiger partial charge in [-0.15, -0.1) is 0 Å². The topological polar surface area (TPSA) is 110 Å². The summed E-state index contributed by atoms with van der Waals surface area (Å²) in [5.74, 6) is 4.79. The Morgan fingerprint density at radius 1 is 1.45 bits per heavy atom. The summed E-state index contributed by atoms with van der Waals surface area (Å²) in [6.45, 7) is 5.77. The molecular formula is C13H20N4O3. The van der Waals surface area contributed by atoms with Crippen LogP contribution in [-0.2, 0) is 0 Å². The highest BCUT2D eigenvalue weighted by Crippen LogP contribution is 2.23. The zero-order valence-corrected chi connectivity index (χ0v) is 11.9. The van der Waals surface area contributed by atoms with Crippen LogP contribution in [0.4, 0.5) is 11.4 Å². The van der Waals surface area contributed by atoms with Crippen molar-refractivity contribution >= 4 is 17.3 Å². The molecule has 0 heterocycles. The number of nitro benzene ring substituents is 1. The third-order valence-electron chi connectivity index (χ3n) is 2.93. The molecule has 0 aliphatic rings. The van der Waals surface area contributed by atoms with E-state index in [-0.39, 0.29) is 11.3 Å². The second-order valence-corrected chi connectivity index (χ2v) is 5.22. The van der Waals surface area contributed by atoms with Crippen molar-refractivity contribution < 1.29 is 9.72 Å². The fourth-order valence-corrected chi connectivity index (χ4v) is 2.03. The van der Waals surface area contributed by atoms with Gasteiger partial charge < -0.3 is 10.7 Å². The first kappa shape index (κ1) is 15.9. The monoisotopic (exact) mass is 280 g/mol. The molecule has 0 aliphatic heterocycles. The van der Waals surface area contributed by atoms with Crippen LogP contribution in [0.1, 0.15) is 44.0 Å². The fraction of sp³-hybridized carbons (Fsp3) is 0.462. The highest BCUT2D eigenvalue weighted by molar-refractivity contribution is 5.99. The molecule has 1 aromatic carbocycles. The number of nitrogens with zero attached hydrogens (tertiary/aromatic N) is 1. The van der Waals surface area contributed by atoms with E-state index in [2.05, 4.69) is 10.7 Å². The first-order chi connectivity index (χ1) is 9.30. The van der Waals surface area contributed by atoms with Gasteiger partial charge in [0.25, 0.3) is 11.6 Å². The Morgan fingerprint density at radius 2 is 2.10 bits per heavy atom. The predicted octanol–water partition coefficient (Wildman–Crippen LogP) is 2.19. The highest BCUT2D eigenvalue weighted by Gasteiger charge is 2.25. The molecule has 0 atom stereocenters. The maximum absolute atomic E-state index is 12.2. The minimum absolute atomic E-state index is 0.00497. The van der Waals surface area contributed by atoms with Crippen molar-refractivity contribution in [1.29, 1.82) is 0 Å². The summed E-state index contributed by atoms with van der Waals surface area (Å²) in [5, 5.41) is 13.8. The van der Waals surface area contributed by atoms with E-state index >= 15 is 0 Å². The van der Waals surface area contributed by atoms with Gasteiger partial charge in [0.15, 0.2) is 0 Å². The lowest BCUT2D eigenvalue weighted by molar-refractivity contribution is -0.385. The molecule has 0 saturated heterocycles. The Morgan fingerprint density at radius 3 is 2.60 bits per heavy atom. The molecule has 0 spiro atoms. The molecule has 0 aromatic heterocycles. The number of carbonyl (C=O) groups excluding carboxylic acids is 1. The van der Waals surface area contributed by atoms with E-state index in [1.54, 1.807) is 0 Å². The third kappa shape index (κ3) is 3.92. The largest absolute Gasteiger partial charge is 0.347 e. The second kappa shape index (κ2) is 6.33. The summed E-state index contributed by atoms with van der Waals surface area (Å²) >= 11 is 0. The average molecular weight is 280 g/mol. The van der Waals surface area contributed by atoms with Crippen LogP contribution in [0.2, 0.25) is 0 Å². The quantitative estimate of drug-likeness (QED) is 0.420. The highest BCUT2D eigenvalue weighted by atomic mass is 16.6. The van der Waals surface area contributed by atoms with Crippen LogP contribution < -0.4 is 16.6 Å². The van der Waals surface area contributed by atoms with Crippen molar-refractivity contribution in [1.82, 2.24) is 5.32 Å². The minimum Gasteiger partial charge on any atom is -0.347 e. The normalized spacial score (nSPS) is 11.0. The Kier molecular flexibility index (Phi) is 5.04. The van der Waals surface area contributed by atoms with Crippen LogP contribution in [0, 0.1) is 10.1 Å². The lowest BCUT2D eigenvalue weighted by atomic mass is 9.98. The van der Waals surface area contributed by atoms with Crippen LogP contribution in [0.25, 0.3) is 0 Å². The molecule has 0 fully saturated rings. The number of hydrogen-bond donors (Lipinski definition) is 3. The molecule has 1 rings (SSSR count). The average Bonchev–Trinajstić information content (AvgIpc) is 2.37. The molecule has 20 heavy (non-hydrogen) atoms. The standard InChI is InChI=1S/C13H20N4O3/c1-4-7-13(2,3)15-12(18)10-8-9(16-14)5-6-11(10)17(19)20/h5-6,8,16H,4,7,14H2,1-3H3,(H,15,18). The van der Waals surface area contributed by atoms with Gasteiger partial charge in [0.05, 0.1) is 4.92 Å². The van der Waals surface area contributed by atoms with E-state index in [1.807, 2.05) is 20.8 Å². The van der Waals surface area contributed by atoms with Crippen LogP contribution in [0.5, 0.6) is 0 Å². The van der Waals surface area contributed by atoms with Gasteiger partial charge in [0.2, 0.25) is 0 Å². The number of carbonyl (C=O) groups is 1. The molecule has 110 valence electrons. The van der Waals surface area contributed by atoms with Crippen molar-refractivity contribution in [3.8, 4) is 0 Å². The summed E-state index contributed by atoms with van der Waals surface area (Å²) < 4.78 is 0. The zero-order valence-electron chi connectivity index (χ0n) is 11.9. The summed E-state index contributed by atoms with van der Waals surface area (Å²) in [4.78, 5) is 22.7. The molecule has 0 radical (unpaired) electrons. The number of nitrogens with one attached hydrogen (secondary N) is 2. The van der Waals surface area contributed by atoms with Crippen molar-refractivity contribution in [2.45, 2.75) is 39.2 Å². The van der Waals surface area contributed by atoms with Crippen molar-refractivity contribution in [3.63, 3.8) is 0 Å². The van der Waals surface area contributed by atoms with Crippen LogP contribution in [0.15, 0.2) is 18.2 Å². The van der Waals surface area contributed by atoms with Crippen LogP contribution >= 0.6 is 0 Å². The van der Waals surface area contributed by atoms with E-state index < -0.39 is 16.4 Å². The Labute approximate surface area is 117 Å². The number of benzene rings is 1. The molecule has 0 unspecified atom stereocenters. The van der Waals surface area contributed by atoms with Gasteiger partial charge in [0, 0.05) is 17.3 Å². The lowest BCUT2D eigenvalue weighted by Crippen LogP contribution is -2.43. The fourth-order valence-electron chi connectivity index (χ4n) is 2.03. The predicted molar refractivity (Wildman–Crippen MR) is 77.4 cm³/mol. The zero-order chi connectivity index (χ0) is 15.3. The molecule has 7 nitrogen and oxygen atoms in total. The van der Waals surface area contributed by atoms with Crippen molar-refractivity contribution in [2.75, 3.05) is 5.43 Å². The summed E-state index contributed by atoms with van der Waals surface area (Å²) in [6, 6.07) is 4.08. The van der Waals surface area contributed by atoms with E-state index in [1.165, 1.54) is 18.2 Å². The van der Waals surface area contributed by atoms with Crippen molar-refractivity contribution in [2.24, 2.45) is 5.84 Å². The van der Waals surface area contributed by atoms with E-state index in [9.17, 15) is 14.9 Å². The van der Waals surface area contributed by atoms with Crippen LogP contribution in [0.3, 0.4) is 0 Å². The Balaban J connectivity index is 3.10. The SMILES string of the molecule is CCCC(C)(C)NC(=O)c1cc(NN)ccc1[N+](=O)[O-]. The number of hydrazine groups is 1. The molecule has 7 heteroatoms. The summed E-state index contributed by atoms with van der Waals surface area (Å²) in [6.07, 6.45) is 1.68. The van der Waals surface area contributed by atoms with Crippen molar-refractivity contribution in [3.05, 3.63) is 33.9 Å². The first-order valence-electron chi connectivity index (χ1n) is 6.38. The van der Waals surface area contributed by atoms with E-state index in [0.717, 1.165) is 12.8 Å². The molecule has 1 aromatic rings. The van der Waals surface area contributed by atoms with Gasteiger partial charge in [-0.1, -0.05) is 13.3 Å². The summed E-state index contributed by atoms with van der Waals surface area (Å²) in [7, 11) is 0. The van der Waals surface area contributed by atoms with Crippen LogP contribution in [-0.4, -0.2) is 16.4 Å². The first-order valence-corrected chi connectivity index (χ1v) is 6.38. The number of nitrogen functional groups attached to an aromatic ring is 1. The maximum atomic E-state index is 12.2. The van der Waals surface area contributed by atoms with Gasteiger partial charge in [-0.05, 0) is 32.4 Å². The van der Waals surface area contributed by atoms with Gasteiger partial charge in [-0.3, -0.25) is 20.8 Å². The van der Waals surface area contributed by atoms with Gasteiger partial charge in [-0.2, -0.15) is 0 Å². The molecule has 4 N–H and O–H groups in total. The van der Waals surface area contributed by atoms with Gasteiger partial charge >= 0.3 is 0 Å². The minimum atomic E-state index is -0.581. The third-order valence-corrected chi connectivity index (χ3v) is 2.93. The number of anilines is 1. The molecule has 1 amide bonds. The molecule has 0 aliphatic carbocycles. The molecular weight excluding hydrogens is 260 g/mol. The van der Waals surface area contributed by atoms with Gasteiger partial charge in [0.1, 0.15) is 5.56 Å². The number of hydrogen-bond acceptors (Lipinski definition) is 5. The molecule has 0 saturated carbocycles. The Bertz CT molecular complexity index is 514. The lowest BCUT2D eigenvalue weighted by Gasteiger charge is -2.25. The molecule has 0 bridgehead atoms. The van der Waals surface area contributed by atoms with E-state index in [4.69, 9.17) is 5.84 Å². The summed E-state index contributed by atoms with van der Waals surface area (Å²) in [5.41, 5.74) is 2.14. The van der Waals surface area contributed by atoms with E-state index in [0.29, 0.717) is 5.69 Å². The van der Waals surface area contributed by atoms with Gasteiger partial charge in [-0.25, -0.2) is 0 Å². The number of rotatable bonds is 6. The second-order valence-electron chi connectivity index (χ2n) is 5.22. The Hall–Kier alpha value is -2.15.